The predicted octanol–water partition coefficient (Wildman–Crippen LogP) is 3.77. The van der Waals surface area contributed by atoms with Crippen LogP contribution in [0.1, 0.15) is 57.6 Å². The number of piperazine rings is 1. The Balaban J connectivity index is 2.01. The summed E-state index contributed by atoms with van der Waals surface area (Å²) >= 11 is 0. The average Bonchev–Trinajstić information content (AvgIpc) is 2.42. The topological polar surface area (TPSA) is 15.3 Å². The van der Waals surface area contributed by atoms with E-state index in [0.29, 0.717) is 18.0 Å². The largest absolute Gasteiger partial charge is 0.311 e. The highest BCUT2D eigenvalue weighted by molar-refractivity contribution is 5.24. The molecule has 1 heterocycles. The van der Waals surface area contributed by atoms with Crippen LogP contribution in [0.5, 0.6) is 0 Å². The third-order valence-electron chi connectivity index (χ3n) is 4.38. The fraction of sp³-hybridized carbons (Fsp3) is 0.667. The van der Waals surface area contributed by atoms with Gasteiger partial charge >= 0.3 is 0 Å². The summed E-state index contributed by atoms with van der Waals surface area (Å²) in [6, 6.07) is 10.5. The molecule has 2 unspecified atom stereocenters. The molecule has 0 aliphatic carbocycles. The molecule has 0 bridgehead atoms. The van der Waals surface area contributed by atoms with Crippen molar-refractivity contribution in [3.05, 3.63) is 35.4 Å². The van der Waals surface area contributed by atoms with E-state index in [9.17, 15) is 0 Å². The maximum atomic E-state index is 3.62. The zero-order valence-corrected chi connectivity index (χ0v) is 13.5. The van der Waals surface area contributed by atoms with Crippen LogP contribution < -0.4 is 5.32 Å². The molecule has 2 heteroatoms. The second kappa shape index (κ2) is 7.24. The number of benzene rings is 1. The molecule has 20 heavy (non-hydrogen) atoms. The molecule has 1 saturated heterocycles. The van der Waals surface area contributed by atoms with Gasteiger partial charge in [0.2, 0.25) is 0 Å². The molecule has 1 aromatic rings. The number of nitrogens with zero attached hydrogens (tertiary/aromatic N) is 1. The van der Waals surface area contributed by atoms with Gasteiger partial charge in [-0.25, -0.2) is 0 Å². The van der Waals surface area contributed by atoms with E-state index >= 15 is 0 Å². The zero-order valence-electron chi connectivity index (χ0n) is 13.5. The molecule has 112 valence electrons. The summed E-state index contributed by atoms with van der Waals surface area (Å²) in [5.74, 6) is 0.621. The van der Waals surface area contributed by atoms with E-state index in [4.69, 9.17) is 0 Å². The van der Waals surface area contributed by atoms with Gasteiger partial charge in [0.25, 0.3) is 0 Å². The number of nitrogens with one attached hydrogen (secondary N) is 1. The molecule has 1 fully saturated rings. The van der Waals surface area contributed by atoms with Crippen LogP contribution in [0.3, 0.4) is 0 Å². The quantitative estimate of drug-likeness (QED) is 0.879. The molecule has 0 saturated carbocycles. The highest BCUT2D eigenvalue weighted by atomic mass is 15.2. The van der Waals surface area contributed by atoms with Crippen molar-refractivity contribution in [1.82, 2.24) is 10.2 Å². The van der Waals surface area contributed by atoms with Crippen molar-refractivity contribution in [3.63, 3.8) is 0 Å². The minimum Gasteiger partial charge on any atom is -0.311 e. The Hall–Kier alpha value is -0.860. The lowest BCUT2D eigenvalue weighted by Crippen LogP contribution is -2.54. The van der Waals surface area contributed by atoms with Gasteiger partial charge < -0.3 is 5.32 Å². The van der Waals surface area contributed by atoms with Gasteiger partial charge in [0, 0.05) is 31.7 Å². The minimum absolute atomic E-state index is 0.609. The molecule has 0 amide bonds. The smallest absolute Gasteiger partial charge is 0.0237 e. The van der Waals surface area contributed by atoms with Gasteiger partial charge in [0.05, 0.1) is 0 Å². The van der Waals surface area contributed by atoms with Gasteiger partial charge in [-0.05, 0) is 30.4 Å². The second-order valence-corrected chi connectivity index (χ2v) is 6.58. The molecule has 1 aliphatic rings. The van der Waals surface area contributed by atoms with Crippen LogP contribution in [0, 0.1) is 0 Å². The zero-order chi connectivity index (χ0) is 14.5. The van der Waals surface area contributed by atoms with Crippen molar-refractivity contribution in [1.29, 1.82) is 0 Å². The Kier molecular flexibility index (Phi) is 5.62. The number of hydrogen-bond donors (Lipinski definition) is 1. The Morgan fingerprint density at radius 1 is 1.25 bits per heavy atom. The number of hydrogen-bond acceptors (Lipinski definition) is 2. The van der Waals surface area contributed by atoms with E-state index in [1.165, 1.54) is 24.0 Å². The van der Waals surface area contributed by atoms with Crippen molar-refractivity contribution in [2.45, 2.75) is 65.1 Å². The summed E-state index contributed by atoms with van der Waals surface area (Å²) in [6.07, 6.45) is 2.56. The van der Waals surface area contributed by atoms with Crippen LogP contribution in [0.2, 0.25) is 0 Å². The van der Waals surface area contributed by atoms with Crippen molar-refractivity contribution in [2.24, 2.45) is 0 Å². The first kappa shape index (κ1) is 15.5. The van der Waals surface area contributed by atoms with E-state index in [1.54, 1.807) is 0 Å². The van der Waals surface area contributed by atoms with Crippen LogP contribution in [0.25, 0.3) is 0 Å². The average molecular weight is 274 g/mol. The van der Waals surface area contributed by atoms with E-state index in [2.05, 4.69) is 62.2 Å². The molecule has 0 radical (unpaired) electrons. The summed E-state index contributed by atoms with van der Waals surface area (Å²) < 4.78 is 0. The highest BCUT2D eigenvalue weighted by Gasteiger charge is 2.24. The molecule has 2 atom stereocenters. The van der Waals surface area contributed by atoms with Crippen molar-refractivity contribution in [3.8, 4) is 0 Å². The van der Waals surface area contributed by atoms with Gasteiger partial charge in [0.1, 0.15) is 0 Å². The molecule has 1 aliphatic heterocycles. The lowest BCUT2D eigenvalue weighted by molar-refractivity contribution is 0.120. The molecule has 0 spiro atoms. The summed E-state index contributed by atoms with van der Waals surface area (Å²) in [5.41, 5.74) is 2.89. The first-order valence-electron chi connectivity index (χ1n) is 8.16. The fourth-order valence-corrected chi connectivity index (χ4v) is 3.09. The van der Waals surface area contributed by atoms with Gasteiger partial charge in [-0.15, -0.1) is 0 Å². The standard InChI is InChI=1S/C18H30N2/c1-5-6-18-11-19-15(4)12-20(18)13-16-7-9-17(10-8-16)14(2)3/h7-10,14-15,18-19H,5-6,11-13H2,1-4H3. The first-order valence-corrected chi connectivity index (χ1v) is 8.16. The van der Waals surface area contributed by atoms with Crippen molar-refractivity contribution >= 4 is 0 Å². The molecule has 1 N–H and O–H groups in total. The predicted molar refractivity (Wildman–Crippen MR) is 87.1 cm³/mol. The Morgan fingerprint density at radius 3 is 2.55 bits per heavy atom. The first-order chi connectivity index (χ1) is 9.60. The minimum atomic E-state index is 0.609. The van der Waals surface area contributed by atoms with Crippen molar-refractivity contribution < 1.29 is 0 Å². The number of rotatable bonds is 5. The van der Waals surface area contributed by atoms with Gasteiger partial charge in [-0.2, -0.15) is 0 Å². The molecule has 1 aromatic carbocycles. The molecule has 2 rings (SSSR count). The summed E-state index contributed by atoms with van der Waals surface area (Å²) in [5, 5.41) is 3.62. The highest BCUT2D eigenvalue weighted by Crippen LogP contribution is 2.19. The lowest BCUT2D eigenvalue weighted by Gasteiger charge is -2.39. The summed E-state index contributed by atoms with van der Waals surface area (Å²) in [6.45, 7) is 12.5. The van der Waals surface area contributed by atoms with E-state index in [1.807, 2.05) is 0 Å². The van der Waals surface area contributed by atoms with E-state index in [-0.39, 0.29) is 0 Å². The van der Waals surface area contributed by atoms with E-state index in [0.717, 1.165) is 19.6 Å². The van der Waals surface area contributed by atoms with E-state index < -0.39 is 0 Å². The molecule has 0 aromatic heterocycles. The monoisotopic (exact) mass is 274 g/mol. The second-order valence-electron chi connectivity index (χ2n) is 6.58. The molecular formula is C18H30N2. The van der Waals surface area contributed by atoms with Crippen LogP contribution in [-0.2, 0) is 6.54 Å². The van der Waals surface area contributed by atoms with Crippen LogP contribution >= 0.6 is 0 Å². The molecular weight excluding hydrogens is 244 g/mol. The Bertz CT molecular complexity index is 396. The fourth-order valence-electron chi connectivity index (χ4n) is 3.09. The third kappa shape index (κ3) is 4.07. The van der Waals surface area contributed by atoms with Crippen LogP contribution in [0.4, 0.5) is 0 Å². The van der Waals surface area contributed by atoms with Crippen LogP contribution in [0.15, 0.2) is 24.3 Å². The SMILES string of the molecule is CCCC1CNC(C)CN1Cc1ccc(C(C)C)cc1. The maximum Gasteiger partial charge on any atom is 0.0237 e. The third-order valence-corrected chi connectivity index (χ3v) is 4.38. The Labute approximate surface area is 124 Å². The van der Waals surface area contributed by atoms with Gasteiger partial charge in [-0.1, -0.05) is 51.5 Å². The van der Waals surface area contributed by atoms with Crippen molar-refractivity contribution in [2.75, 3.05) is 13.1 Å². The normalized spacial score (nSPS) is 24.2. The van der Waals surface area contributed by atoms with Crippen LogP contribution in [-0.4, -0.2) is 30.1 Å². The van der Waals surface area contributed by atoms with Gasteiger partial charge in [0.15, 0.2) is 0 Å². The summed E-state index contributed by atoms with van der Waals surface area (Å²) in [4.78, 5) is 2.66. The Morgan fingerprint density at radius 2 is 1.95 bits per heavy atom. The lowest BCUT2D eigenvalue weighted by atomic mass is 10.0. The summed E-state index contributed by atoms with van der Waals surface area (Å²) in [7, 11) is 0. The molecule has 2 nitrogen and oxygen atoms in total. The maximum absolute atomic E-state index is 3.62. The van der Waals surface area contributed by atoms with Gasteiger partial charge in [-0.3, -0.25) is 4.90 Å².